The Morgan fingerprint density at radius 2 is 0.561 bits per heavy atom. The number of rotatable bonds is 72. The van der Waals surface area contributed by atoms with Crippen molar-refractivity contribution in [1.29, 1.82) is 0 Å². The maximum absolute atomic E-state index is 12.5. The normalized spacial score (nSPS) is 12.5. The summed E-state index contributed by atoms with van der Waals surface area (Å²) in [6, 6.07) is -0.625. The van der Waals surface area contributed by atoms with Crippen LogP contribution in [0.5, 0.6) is 0 Å². The van der Waals surface area contributed by atoms with Crippen LogP contribution in [0.25, 0.3) is 0 Å². The van der Waals surface area contributed by atoms with E-state index >= 15 is 0 Å². The molecule has 3 N–H and O–H groups in total. The average molecular weight is 1160 g/mol. The second kappa shape index (κ2) is 72.1. The molecule has 0 saturated carbocycles. The van der Waals surface area contributed by atoms with Gasteiger partial charge in [0.15, 0.2) is 0 Å². The van der Waals surface area contributed by atoms with Crippen molar-refractivity contribution in [3.05, 3.63) is 12.2 Å². The number of carbonyl (C=O) groups is 2. The van der Waals surface area contributed by atoms with Gasteiger partial charge in [-0.05, 0) is 32.1 Å². The van der Waals surface area contributed by atoms with Crippen molar-refractivity contribution >= 4 is 11.9 Å². The Balaban J connectivity index is 3.34. The van der Waals surface area contributed by atoms with Gasteiger partial charge in [0, 0.05) is 12.8 Å². The predicted octanol–water partition coefficient (Wildman–Crippen LogP) is 24.7. The van der Waals surface area contributed by atoms with E-state index in [-0.39, 0.29) is 18.5 Å². The van der Waals surface area contributed by atoms with Gasteiger partial charge in [-0.1, -0.05) is 405 Å². The van der Waals surface area contributed by atoms with Crippen molar-refractivity contribution in [1.82, 2.24) is 5.32 Å². The number of esters is 1. The van der Waals surface area contributed by atoms with E-state index < -0.39 is 12.1 Å². The number of ether oxygens (including phenoxy) is 1. The second-order valence-corrected chi connectivity index (χ2v) is 26.4. The molecule has 0 aliphatic heterocycles. The van der Waals surface area contributed by atoms with Crippen LogP contribution in [0, 0.1) is 0 Å². The van der Waals surface area contributed by atoms with Gasteiger partial charge in [-0.15, -0.1) is 0 Å². The van der Waals surface area contributed by atoms with Crippen LogP contribution in [-0.4, -0.2) is 47.4 Å². The first-order chi connectivity index (χ1) is 40.5. The Bertz CT molecular complexity index is 1240. The highest BCUT2D eigenvalue weighted by atomic mass is 16.5. The highest BCUT2D eigenvalue weighted by Gasteiger charge is 2.18. The van der Waals surface area contributed by atoms with Gasteiger partial charge in [0.1, 0.15) is 0 Å². The molecule has 6 nitrogen and oxygen atoms in total. The zero-order valence-electron chi connectivity index (χ0n) is 56.0. The van der Waals surface area contributed by atoms with Gasteiger partial charge in [-0.25, -0.2) is 0 Å². The summed E-state index contributed by atoms with van der Waals surface area (Å²) in [5, 5.41) is 23.3. The molecular weight excluding hydrogens is 1010 g/mol. The summed E-state index contributed by atoms with van der Waals surface area (Å²) in [5.41, 5.74) is 0. The van der Waals surface area contributed by atoms with E-state index in [9.17, 15) is 19.8 Å². The summed E-state index contributed by atoms with van der Waals surface area (Å²) in [5.74, 6) is -0.0358. The summed E-state index contributed by atoms with van der Waals surface area (Å²) >= 11 is 0. The molecule has 0 fully saturated rings. The van der Waals surface area contributed by atoms with Gasteiger partial charge >= 0.3 is 5.97 Å². The third-order valence-electron chi connectivity index (χ3n) is 18.1. The molecule has 0 radical (unpaired) electrons. The number of amides is 1. The molecule has 488 valence electrons. The van der Waals surface area contributed by atoms with Gasteiger partial charge in [0.25, 0.3) is 0 Å². The summed E-state index contributed by atoms with van der Waals surface area (Å²) in [6.07, 6.45) is 90.4. The summed E-state index contributed by atoms with van der Waals surface area (Å²) < 4.78 is 5.49. The van der Waals surface area contributed by atoms with Gasteiger partial charge in [0.2, 0.25) is 5.91 Å². The molecule has 0 rings (SSSR count). The topological polar surface area (TPSA) is 95.9 Å². The molecule has 1 amide bonds. The third-order valence-corrected chi connectivity index (χ3v) is 18.1. The molecule has 0 aliphatic carbocycles. The van der Waals surface area contributed by atoms with Crippen LogP contribution < -0.4 is 5.32 Å². The fourth-order valence-corrected chi connectivity index (χ4v) is 12.3. The zero-order chi connectivity index (χ0) is 59.2. The smallest absolute Gasteiger partial charge is 0.305 e. The van der Waals surface area contributed by atoms with E-state index in [1.807, 2.05) is 6.08 Å². The first-order valence-corrected chi connectivity index (χ1v) is 38.0. The van der Waals surface area contributed by atoms with Crippen molar-refractivity contribution < 1.29 is 24.5 Å². The van der Waals surface area contributed by atoms with Crippen LogP contribution in [0.3, 0.4) is 0 Å². The van der Waals surface area contributed by atoms with Crippen molar-refractivity contribution in [3.8, 4) is 0 Å². The maximum Gasteiger partial charge on any atom is 0.305 e. The summed E-state index contributed by atoms with van der Waals surface area (Å²) in [6.45, 7) is 4.96. The zero-order valence-corrected chi connectivity index (χ0v) is 56.0. The van der Waals surface area contributed by atoms with Gasteiger partial charge < -0.3 is 20.3 Å². The van der Waals surface area contributed by atoms with Crippen LogP contribution in [0.2, 0.25) is 0 Å². The minimum Gasteiger partial charge on any atom is -0.466 e. The first-order valence-electron chi connectivity index (χ1n) is 38.0. The largest absolute Gasteiger partial charge is 0.466 e. The van der Waals surface area contributed by atoms with E-state index in [2.05, 4.69) is 19.2 Å². The van der Waals surface area contributed by atoms with Crippen molar-refractivity contribution in [2.24, 2.45) is 0 Å². The van der Waals surface area contributed by atoms with Crippen molar-refractivity contribution in [3.63, 3.8) is 0 Å². The van der Waals surface area contributed by atoms with Crippen LogP contribution in [-0.2, 0) is 14.3 Å². The van der Waals surface area contributed by atoms with E-state index in [1.165, 1.54) is 372 Å². The maximum atomic E-state index is 12.5. The van der Waals surface area contributed by atoms with Crippen LogP contribution in [0.15, 0.2) is 12.2 Å². The Hall–Kier alpha value is -1.40. The monoisotopic (exact) mass is 1160 g/mol. The lowest BCUT2D eigenvalue weighted by Crippen LogP contribution is -2.45. The highest BCUT2D eigenvalue weighted by molar-refractivity contribution is 5.76. The minimum atomic E-state index is -0.842. The number of aliphatic hydroxyl groups is 2. The first kappa shape index (κ1) is 80.6. The Morgan fingerprint density at radius 3 is 0.829 bits per heavy atom. The third kappa shape index (κ3) is 67.7. The van der Waals surface area contributed by atoms with E-state index in [0.717, 1.165) is 38.5 Å². The van der Waals surface area contributed by atoms with Crippen LogP contribution >= 0.6 is 0 Å². The second-order valence-electron chi connectivity index (χ2n) is 26.4. The molecule has 0 bridgehead atoms. The van der Waals surface area contributed by atoms with Gasteiger partial charge in [-0.2, -0.15) is 0 Å². The lowest BCUT2D eigenvalue weighted by atomic mass is 10.0. The molecule has 0 spiro atoms. The van der Waals surface area contributed by atoms with Crippen molar-refractivity contribution in [2.45, 2.75) is 450 Å². The quantitative estimate of drug-likeness (QED) is 0.0320. The number of allylic oxidation sites excluding steroid dienone is 1. The number of nitrogens with one attached hydrogen (secondary N) is 1. The molecule has 0 aliphatic rings. The molecule has 2 atom stereocenters. The van der Waals surface area contributed by atoms with Crippen LogP contribution in [0.1, 0.15) is 438 Å². The predicted molar refractivity (Wildman–Crippen MR) is 361 cm³/mol. The summed E-state index contributed by atoms with van der Waals surface area (Å²) in [4.78, 5) is 24.6. The number of hydrogen-bond acceptors (Lipinski definition) is 5. The number of hydrogen-bond donors (Lipinski definition) is 3. The van der Waals surface area contributed by atoms with E-state index in [1.54, 1.807) is 6.08 Å². The van der Waals surface area contributed by atoms with Gasteiger partial charge in [0.05, 0.1) is 25.4 Å². The fraction of sp³-hybridized carbons (Fsp3) is 0.947. The number of carbonyl (C=O) groups excluding carboxylic acids is 2. The highest BCUT2D eigenvalue weighted by Crippen LogP contribution is 2.20. The number of unbranched alkanes of at least 4 members (excludes halogenated alkanes) is 61. The van der Waals surface area contributed by atoms with Gasteiger partial charge in [-0.3, -0.25) is 9.59 Å². The molecule has 0 aromatic carbocycles. The van der Waals surface area contributed by atoms with Crippen molar-refractivity contribution in [2.75, 3.05) is 13.2 Å². The Kier molecular flexibility index (Phi) is 70.8. The molecule has 0 aromatic rings. The van der Waals surface area contributed by atoms with E-state index in [0.29, 0.717) is 19.4 Å². The fourth-order valence-electron chi connectivity index (χ4n) is 12.3. The van der Waals surface area contributed by atoms with E-state index in [4.69, 9.17) is 4.74 Å². The SMILES string of the molecule is CCCCCCCCCCCCCCCCCCCCC/C=C/C(O)C(CO)NC(=O)CCCCCCCCCCCCCCCCCCCCCCCCCCCCCCCCCCOC(=O)CCCCCCCCCCCCCC. The Morgan fingerprint density at radius 1 is 0.329 bits per heavy atom. The number of aliphatic hydroxyl groups excluding tert-OH is 2. The molecular formula is C76H149NO5. The Labute approximate surface area is 514 Å². The molecule has 0 saturated heterocycles. The van der Waals surface area contributed by atoms with Crippen LogP contribution in [0.4, 0.5) is 0 Å². The molecule has 2 unspecified atom stereocenters. The molecule has 0 heterocycles. The molecule has 6 heteroatoms. The molecule has 82 heavy (non-hydrogen) atoms. The standard InChI is InChI=1S/C76H149NO5/c1-3-5-7-9-11-13-15-17-18-19-20-33-36-39-42-45-48-52-56-60-64-68-74(79)73(72-78)77-75(80)69-65-61-57-53-49-46-43-40-37-34-31-29-27-25-23-21-22-24-26-28-30-32-35-38-41-44-47-51-55-59-63-67-71-82-76(81)70-66-62-58-54-50-16-14-12-10-8-6-4-2/h64,68,73-74,78-79H,3-63,65-67,69-72H2,1-2H3,(H,77,80)/b68-64+. The average Bonchev–Trinajstić information content (AvgIpc) is 3.48. The minimum absolute atomic E-state index is 0.0227. The molecule has 0 aromatic heterocycles. The lowest BCUT2D eigenvalue weighted by molar-refractivity contribution is -0.143. The summed E-state index contributed by atoms with van der Waals surface area (Å²) in [7, 11) is 0. The lowest BCUT2D eigenvalue weighted by Gasteiger charge is -2.20.